The fourth-order valence-electron chi connectivity index (χ4n) is 11.6. The lowest BCUT2D eigenvalue weighted by atomic mass is 9.96. The van der Waals surface area contributed by atoms with Gasteiger partial charge in [0, 0.05) is 6.42 Å². The third-order valence-corrected chi connectivity index (χ3v) is 17.4. The fraction of sp³-hybridized carbons (Fsp3) is 0.770. The van der Waals surface area contributed by atoms with E-state index in [1.807, 2.05) is 6.08 Å². The highest BCUT2D eigenvalue weighted by atomic mass is 16.8. The Balaban J connectivity index is 1.45. The third kappa shape index (κ3) is 36.2. The number of nitrogens with one attached hydrogen (secondary N) is 1. The van der Waals surface area contributed by atoms with Gasteiger partial charge in [0.1, 0.15) is 73.2 Å². The minimum atomic E-state index is -1.99. The Labute approximate surface area is 558 Å². The van der Waals surface area contributed by atoms with Gasteiger partial charge >= 0.3 is 0 Å². The molecular formula is C74H127NO18. The van der Waals surface area contributed by atoms with Crippen molar-refractivity contribution >= 4 is 5.91 Å². The van der Waals surface area contributed by atoms with Gasteiger partial charge in [-0.1, -0.05) is 239 Å². The third-order valence-electron chi connectivity index (χ3n) is 17.4. The first kappa shape index (κ1) is 83.9. The molecule has 0 radical (unpaired) electrons. The largest absolute Gasteiger partial charge is 0.394 e. The second-order valence-electron chi connectivity index (χ2n) is 25.3. The topological polar surface area (TPSA) is 307 Å². The van der Waals surface area contributed by atoms with E-state index in [1.54, 1.807) is 6.08 Å². The Morgan fingerprint density at radius 3 is 1.20 bits per heavy atom. The van der Waals surface area contributed by atoms with E-state index < -0.39 is 124 Å². The van der Waals surface area contributed by atoms with E-state index in [0.29, 0.717) is 12.8 Å². The molecule has 3 rings (SSSR count). The Bertz CT molecular complexity index is 2060. The predicted molar refractivity (Wildman–Crippen MR) is 364 cm³/mol. The lowest BCUT2D eigenvalue weighted by molar-refractivity contribution is -0.379. The number of hydrogen-bond donors (Lipinski definition) is 12. The van der Waals surface area contributed by atoms with Crippen LogP contribution in [0.5, 0.6) is 0 Å². The molecule has 0 aromatic heterocycles. The highest BCUT2D eigenvalue weighted by Gasteiger charge is 2.53. The van der Waals surface area contributed by atoms with Crippen LogP contribution < -0.4 is 5.32 Å². The van der Waals surface area contributed by atoms with Crippen molar-refractivity contribution in [2.24, 2.45) is 0 Å². The molecule has 17 unspecified atom stereocenters. The number of amides is 1. The molecule has 0 aromatic carbocycles. The number of carbonyl (C=O) groups excluding carboxylic acids is 1. The van der Waals surface area contributed by atoms with Crippen molar-refractivity contribution in [3.8, 4) is 0 Å². The summed E-state index contributed by atoms with van der Waals surface area (Å²) in [5.74, 6) is -0.303. The van der Waals surface area contributed by atoms with E-state index in [4.69, 9.17) is 28.4 Å². The van der Waals surface area contributed by atoms with E-state index in [9.17, 15) is 61.0 Å². The summed E-state index contributed by atoms with van der Waals surface area (Å²) < 4.78 is 34.3. The van der Waals surface area contributed by atoms with Gasteiger partial charge in [-0.25, -0.2) is 0 Å². The molecule has 0 aromatic rings. The van der Waals surface area contributed by atoms with Crippen molar-refractivity contribution in [1.82, 2.24) is 5.32 Å². The monoisotopic (exact) mass is 1320 g/mol. The molecule has 0 spiro atoms. The predicted octanol–water partition coefficient (Wildman–Crippen LogP) is 10.0. The molecule has 0 saturated carbocycles. The molecule has 3 aliphatic heterocycles. The first-order valence-electron chi connectivity index (χ1n) is 36.0. The molecule has 12 N–H and O–H groups in total. The Kier molecular flexibility index (Phi) is 49.4. The summed E-state index contributed by atoms with van der Waals surface area (Å²) in [6.07, 6.45) is 45.2. The highest BCUT2D eigenvalue weighted by Crippen LogP contribution is 2.33. The van der Waals surface area contributed by atoms with Crippen LogP contribution in [0.3, 0.4) is 0 Å². The smallest absolute Gasteiger partial charge is 0.220 e. The average Bonchev–Trinajstić information content (AvgIpc) is 0.819. The molecule has 536 valence electrons. The molecule has 1 amide bonds. The molecule has 3 fully saturated rings. The van der Waals surface area contributed by atoms with Crippen LogP contribution in [0.1, 0.15) is 232 Å². The van der Waals surface area contributed by atoms with Crippen LogP contribution in [0, 0.1) is 0 Å². The second kappa shape index (κ2) is 54.7. The molecular weight excluding hydrogens is 1190 g/mol. The normalized spacial score (nSPS) is 28.1. The Morgan fingerprint density at radius 1 is 0.398 bits per heavy atom. The van der Waals surface area contributed by atoms with Gasteiger partial charge < -0.3 is 89.9 Å². The van der Waals surface area contributed by atoms with Crippen LogP contribution in [0.2, 0.25) is 0 Å². The van der Waals surface area contributed by atoms with Crippen molar-refractivity contribution in [3.63, 3.8) is 0 Å². The van der Waals surface area contributed by atoms with Gasteiger partial charge in [-0.3, -0.25) is 4.79 Å². The molecule has 19 nitrogen and oxygen atoms in total. The van der Waals surface area contributed by atoms with Crippen LogP contribution >= 0.6 is 0 Å². The summed E-state index contributed by atoms with van der Waals surface area (Å²) in [6.45, 7) is 1.59. The number of unbranched alkanes of at least 4 members (excludes halogenated alkanes) is 24. The highest BCUT2D eigenvalue weighted by molar-refractivity contribution is 5.76. The van der Waals surface area contributed by atoms with Crippen molar-refractivity contribution in [2.45, 2.75) is 336 Å². The SMILES string of the molecule is CC/C=C\C/C=C\C/C=C\C/C=C\C/C=C\C/C=C\CCCCCCCCC(=O)NC(COC1OC(CO)C(OC2OC(CO)C(OC3OC(CO)C(O)C(O)C3O)C(O)C2O)C(O)C1O)C(O)/C=C/CC/C=C/CCCCCCCCCCCCCCCCCCC. The molecule has 3 heterocycles. The number of aliphatic hydroxyl groups excluding tert-OH is 11. The lowest BCUT2D eigenvalue weighted by Gasteiger charge is -2.48. The summed E-state index contributed by atoms with van der Waals surface area (Å²) >= 11 is 0. The quantitative estimate of drug-likeness (QED) is 0.0199. The van der Waals surface area contributed by atoms with Gasteiger partial charge in [-0.05, 0) is 83.5 Å². The van der Waals surface area contributed by atoms with Gasteiger partial charge in [0.25, 0.3) is 0 Å². The Hall–Kier alpha value is -3.29. The zero-order chi connectivity index (χ0) is 67.5. The maximum absolute atomic E-state index is 13.4. The van der Waals surface area contributed by atoms with Crippen LogP contribution in [0.25, 0.3) is 0 Å². The van der Waals surface area contributed by atoms with Crippen LogP contribution in [-0.4, -0.2) is 193 Å². The average molecular weight is 1320 g/mol. The van der Waals surface area contributed by atoms with Crippen LogP contribution in [0.15, 0.2) is 97.2 Å². The van der Waals surface area contributed by atoms with Gasteiger partial charge in [-0.2, -0.15) is 0 Å². The zero-order valence-electron chi connectivity index (χ0n) is 56.7. The molecule has 0 bridgehead atoms. The summed E-state index contributed by atoms with van der Waals surface area (Å²) in [5.41, 5.74) is 0. The number of carbonyl (C=O) groups is 1. The van der Waals surface area contributed by atoms with Crippen LogP contribution in [-0.2, 0) is 33.2 Å². The van der Waals surface area contributed by atoms with Gasteiger partial charge in [0.2, 0.25) is 5.91 Å². The van der Waals surface area contributed by atoms with E-state index >= 15 is 0 Å². The summed E-state index contributed by atoms with van der Waals surface area (Å²) in [7, 11) is 0. The van der Waals surface area contributed by atoms with Gasteiger partial charge in [-0.15, -0.1) is 0 Å². The van der Waals surface area contributed by atoms with Crippen molar-refractivity contribution < 1.29 is 89.4 Å². The van der Waals surface area contributed by atoms with Crippen LogP contribution in [0.4, 0.5) is 0 Å². The van der Waals surface area contributed by atoms with E-state index in [0.717, 1.165) is 96.3 Å². The summed E-state index contributed by atoms with van der Waals surface area (Å²) in [5, 5.41) is 121. The van der Waals surface area contributed by atoms with Gasteiger partial charge in [0.05, 0.1) is 38.6 Å². The van der Waals surface area contributed by atoms with Crippen molar-refractivity contribution in [2.75, 3.05) is 26.4 Å². The number of hydrogen-bond acceptors (Lipinski definition) is 18. The lowest BCUT2D eigenvalue weighted by Crippen LogP contribution is -2.66. The maximum atomic E-state index is 13.4. The number of aliphatic hydroxyl groups is 11. The molecule has 17 atom stereocenters. The number of rotatable bonds is 54. The second-order valence-corrected chi connectivity index (χ2v) is 25.3. The van der Waals surface area contributed by atoms with Crippen molar-refractivity contribution in [1.29, 1.82) is 0 Å². The molecule has 3 aliphatic rings. The van der Waals surface area contributed by atoms with Crippen molar-refractivity contribution in [3.05, 3.63) is 97.2 Å². The number of ether oxygens (including phenoxy) is 6. The first-order valence-corrected chi connectivity index (χ1v) is 36.0. The van der Waals surface area contributed by atoms with Gasteiger partial charge in [0.15, 0.2) is 18.9 Å². The standard InChI is InChI=1S/C74H127NO18/c1-3-5-7-9-11-13-15-17-19-21-23-25-27-28-30-32-34-36-38-40-42-44-46-48-50-52-62(80)75-57(58(79)51-49-47-45-43-41-39-37-35-33-31-29-26-24-22-20-18-16-14-12-10-8-6-4-2)56-88-72-68(86)65(83)70(60(54-77)90-72)93-74-69(87)66(84)71(61(55-78)91-74)92-73-67(85)64(82)63(81)59(53-76)89-73/h5,7,11,13,17,19,23,25,28,30,34,36,41,43,49,51,57-61,63-74,76-79,81-87H,3-4,6,8-10,12,14-16,18,20-22,24,26-27,29,31-33,35,37-40,42,44-48,50,52-56H2,1-2H3,(H,75,80)/b7-5-,13-11-,19-17-,25-23-,30-28-,36-34-,43-41+,51-49+. The minimum absolute atomic E-state index is 0.212. The summed E-state index contributed by atoms with van der Waals surface area (Å²) in [4.78, 5) is 13.4. The minimum Gasteiger partial charge on any atom is -0.394 e. The van der Waals surface area contributed by atoms with E-state index in [-0.39, 0.29) is 18.9 Å². The Morgan fingerprint density at radius 2 is 0.753 bits per heavy atom. The molecule has 93 heavy (non-hydrogen) atoms. The zero-order valence-corrected chi connectivity index (χ0v) is 56.7. The van der Waals surface area contributed by atoms with E-state index in [2.05, 4.69) is 104 Å². The maximum Gasteiger partial charge on any atom is 0.220 e. The molecule has 0 aliphatic carbocycles. The van der Waals surface area contributed by atoms with E-state index in [1.165, 1.54) is 103 Å². The molecule has 19 heteroatoms. The number of allylic oxidation sites excluding steroid dienone is 15. The fourth-order valence-corrected chi connectivity index (χ4v) is 11.6. The molecule has 3 saturated heterocycles. The summed E-state index contributed by atoms with van der Waals surface area (Å²) in [6, 6.07) is -1.01. The first-order chi connectivity index (χ1) is 45.3.